The minimum atomic E-state index is 0.729. The number of aliphatic imine (C=N–C) groups is 1. The molecule has 0 aliphatic carbocycles. The first-order valence-electron chi connectivity index (χ1n) is 7.80. The van der Waals surface area contributed by atoms with E-state index in [4.69, 9.17) is 0 Å². The minimum Gasteiger partial charge on any atom is -0.357 e. The Hall–Kier alpha value is -1.82. The Bertz CT molecular complexity index is 559. The van der Waals surface area contributed by atoms with Crippen molar-refractivity contribution in [1.29, 1.82) is 0 Å². The number of nitrogens with one attached hydrogen (secondary N) is 2. The first-order chi connectivity index (χ1) is 10.8. The van der Waals surface area contributed by atoms with Crippen molar-refractivity contribution in [1.82, 2.24) is 20.2 Å². The summed E-state index contributed by atoms with van der Waals surface area (Å²) in [4.78, 5) is 8.84. The van der Waals surface area contributed by atoms with Gasteiger partial charge in [0.25, 0.3) is 0 Å². The summed E-state index contributed by atoms with van der Waals surface area (Å²) in [7, 11) is 0. The molecule has 120 valence electrons. The molecule has 2 aromatic rings. The van der Waals surface area contributed by atoms with Gasteiger partial charge in [0.05, 0.1) is 6.54 Å². The second-order valence-electron chi connectivity index (χ2n) is 5.13. The van der Waals surface area contributed by atoms with Gasteiger partial charge in [-0.15, -0.1) is 0 Å². The van der Waals surface area contributed by atoms with E-state index in [1.54, 1.807) is 11.3 Å². The SMILES string of the molecule is CCNC(=NCc1ccsc1)NCCCCn1ccnc1C. The molecule has 0 radical (unpaired) electrons. The number of guanidine groups is 1. The molecule has 0 saturated carbocycles. The zero-order chi connectivity index (χ0) is 15.6. The Morgan fingerprint density at radius 3 is 2.95 bits per heavy atom. The average molecular weight is 319 g/mol. The first-order valence-corrected chi connectivity index (χ1v) is 8.75. The van der Waals surface area contributed by atoms with Gasteiger partial charge in [0, 0.05) is 32.0 Å². The summed E-state index contributed by atoms with van der Waals surface area (Å²) < 4.78 is 2.19. The van der Waals surface area contributed by atoms with Gasteiger partial charge in [0.1, 0.15) is 5.82 Å². The number of hydrogen-bond acceptors (Lipinski definition) is 3. The van der Waals surface area contributed by atoms with Crippen LogP contribution < -0.4 is 10.6 Å². The van der Waals surface area contributed by atoms with Crippen LogP contribution in [-0.4, -0.2) is 28.6 Å². The molecule has 0 bridgehead atoms. The molecular weight excluding hydrogens is 294 g/mol. The van der Waals surface area contributed by atoms with Crippen molar-refractivity contribution in [2.45, 2.75) is 39.8 Å². The Kier molecular flexibility index (Phi) is 6.96. The Labute approximate surface area is 136 Å². The monoisotopic (exact) mass is 319 g/mol. The zero-order valence-corrected chi connectivity index (χ0v) is 14.2. The fourth-order valence-electron chi connectivity index (χ4n) is 2.15. The van der Waals surface area contributed by atoms with Crippen molar-refractivity contribution in [2.75, 3.05) is 13.1 Å². The molecule has 0 amide bonds. The summed E-state index contributed by atoms with van der Waals surface area (Å²) in [5.41, 5.74) is 1.26. The van der Waals surface area contributed by atoms with Crippen LogP contribution >= 0.6 is 11.3 Å². The number of thiophene rings is 1. The van der Waals surface area contributed by atoms with E-state index in [2.05, 4.69) is 48.9 Å². The highest BCUT2D eigenvalue weighted by Crippen LogP contribution is 2.06. The number of aromatic nitrogens is 2. The smallest absolute Gasteiger partial charge is 0.191 e. The average Bonchev–Trinajstić information content (AvgIpc) is 3.16. The van der Waals surface area contributed by atoms with E-state index >= 15 is 0 Å². The lowest BCUT2D eigenvalue weighted by molar-refractivity contribution is 0.588. The number of aryl methyl sites for hydroxylation is 2. The van der Waals surface area contributed by atoms with Crippen molar-refractivity contribution in [3.63, 3.8) is 0 Å². The van der Waals surface area contributed by atoms with Gasteiger partial charge in [0.2, 0.25) is 0 Å². The van der Waals surface area contributed by atoms with Gasteiger partial charge in [-0.05, 0) is 49.1 Å². The molecule has 5 nitrogen and oxygen atoms in total. The summed E-state index contributed by atoms with van der Waals surface area (Å²) in [6.45, 7) is 7.69. The third-order valence-electron chi connectivity index (χ3n) is 3.39. The number of imidazole rings is 1. The lowest BCUT2D eigenvalue weighted by atomic mass is 10.3. The van der Waals surface area contributed by atoms with Gasteiger partial charge in [-0.1, -0.05) is 0 Å². The summed E-state index contributed by atoms with van der Waals surface area (Å²) in [6.07, 6.45) is 6.14. The van der Waals surface area contributed by atoms with Crippen molar-refractivity contribution in [2.24, 2.45) is 4.99 Å². The largest absolute Gasteiger partial charge is 0.357 e. The van der Waals surface area contributed by atoms with Gasteiger partial charge in [-0.2, -0.15) is 11.3 Å². The highest BCUT2D eigenvalue weighted by molar-refractivity contribution is 7.07. The zero-order valence-electron chi connectivity index (χ0n) is 13.4. The van der Waals surface area contributed by atoms with E-state index < -0.39 is 0 Å². The highest BCUT2D eigenvalue weighted by atomic mass is 32.1. The maximum absolute atomic E-state index is 4.60. The van der Waals surface area contributed by atoms with Crippen LogP contribution in [0.25, 0.3) is 0 Å². The summed E-state index contributed by atoms with van der Waals surface area (Å²) in [5, 5.41) is 10.9. The molecule has 0 fully saturated rings. The molecule has 0 saturated heterocycles. The molecule has 2 heterocycles. The first kappa shape index (κ1) is 16.5. The normalized spacial score (nSPS) is 11.6. The maximum Gasteiger partial charge on any atom is 0.191 e. The van der Waals surface area contributed by atoms with Crippen LogP contribution in [0.3, 0.4) is 0 Å². The third-order valence-corrected chi connectivity index (χ3v) is 4.12. The molecule has 0 atom stereocenters. The number of hydrogen-bond donors (Lipinski definition) is 2. The molecule has 22 heavy (non-hydrogen) atoms. The van der Waals surface area contributed by atoms with Crippen LogP contribution in [0.15, 0.2) is 34.2 Å². The fourth-order valence-corrected chi connectivity index (χ4v) is 2.81. The predicted molar refractivity (Wildman–Crippen MR) is 93.3 cm³/mol. The number of rotatable bonds is 8. The lowest BCUT2D eigenvalue weighted by Crippen LogP contribution is -2.37. The predicted octanol–water partition coefficient (Wildman–Crippen LogP) is 2.79. The van der Waals surface area contributed by atoms with Crippen LogP contribution in [0.2, 0.25) is 0 Å². The Morgan fingerprint density at radius 2 is 2.27 bits per heavy atom. The van der Waals surface area contributed by atoms with Gasteiger partial charge < -0.3 is 15.2 Å². The standard InChI is InChI=1S/C16H25N5S/c1-3-17-16(20-12-15-6-11-22-13-15)19-7-4-5-9-21-10-8-18-14(21)2/h6,8,10-11,13H,3-5,7,9,12H2,1-2H3,(H2,17,19,20). The topological polar surface area (TPSA) is 54.2 Å². The summed E-state index contributed by atoms with van der Waals surface area (Å²) in [6, 6.07) is 2.12. The van der Waals surface area contributed by atoms with Crippen LogP contribution in [-0.2, 0) is 13.1 Å². The molecule has 2 N–H and O–H groups in total. The number of unbranched alkanes of at least 4 members (excludes halogenated alkanes) is 1. The molecule has 2 rings (SSSR count). The van der Waals surface area contributed by atoms with Gasteiger partial charge in [0.15, 0.2) is 5.96 Å². The fraction of sp³-hybridized carbons (Fsp3) is 0.500. The quantitative estimate of drug-likeness (QED) is 0.447. The third kappa shape index (κ3) is 5.52. The van der Waals surface area contributed by atoms with Crippen LogP contribution in [0.1, 0.15) is 31.2 Å². The van der Waals surface area contributed by atoms with E-state index in [-0.39, 0.29) is 0 Å². The Balaban J connectivity index is 1.68. The molecule has 0 aliphatic rings. The van der Waals surface area contributed by atoms with E-state index in [9.17, 15) is 0 Å². The minimum absolute atomic E-state index is 0.729. The molecule has 6 heteroatoms. The van der Waals surface area contributed by atoms with Gasteiger partial charge in [-0.25, -0.2) is 9.98 Å². The maximum atomic E-state index is 4.60. The lowest BCUT2D eigenvalue weighted by Gasteiger charge is -2.11. The molecule has 2 aromatic heterocycles. The van der Waals surface area contributed by atoms with E-state index in [0.717, 1.165) is 50.8 Å². The van der Waals surface area contributed by atoms with Crippen LogP contribution in [0, 0.1) is 6.92 Å². The summed E-state index contributed by atoms with van der Waals surface area (Å²) >= 11 is 1.71. The van der Waals surface area contributed by atoms with Crippen molar-refractivity contribution in [3.8, 4) is 0 Å². The van der Waals surface area contributed by atoms with Crippen LogP contribution in [0.4, 0.5) is 0 Å². The molecule has 0 aliphatic heterocycles. The Morgan fingerprint density at radius 1 is 1.36 bits per heavy atom. The van der Waals surface area contributed by atoms with E-state index in [1.165, 1.54) is 5.56 Å². The number of nitrogens with zero attached hydrogens (tertiary/aromatic N) is 3. The molecule has 0 aromatic carbocycles. The second-order valence-corrected chi connectivity index (χ2v) is 5.91. The van der Waals surface area contributed by atoms with Gasteiger partial charge >= 0.3 is 0 Å². The second kappa shape index (κ2) is 9.25. The molecule has 0 spiro atoms. The van der Waals surface area contributed by atoms with Gasteiger partial charge in [-0.3, -0.25) is 0 Å². The van der Waals surface area contributed by atoms with Crippen molar-refractivity contribution < 1.29 is 0 Å². The van der Waals surface area contributed by atoms with Crippen molar-refractivity contribution in [3.05, 3.63) is 40.6 Å². The van der Waals surface area contributed by atoms with E-state index in [1.807, 2.05) is 19.3 Å². The molecular formula is C16H25N5S. The van der Waals surface area contributed by atoms with E-state index in [0.29, 0.717) is 0 Å². The van der Waals surface area contributed by atoms with Crippen molar-refractivity contribution >= 4 is 17.3 Å². The summed E-state index contributed by atoms with van der Waals surface area (Å²) in [5.74, 6) is 1.98. The van der Waals surface area contributed by atoms with Crippen LogP contribution in [0.5, 0.6) is 0 Å². The molecule has 0 unspecified atom stereocenters. The highest BCUT2D eigenvalue weighted by Gasteiger charge is 1.99.